The van der Waals surface area contributed by atoms with E-state index in [1.165, 1.54) is 0 Å². The normalized spacial score (nSPS) is 30.9. The number of nitrogens with zero attached hydrogens (tertiary/aromatic N) is 2. The molecular weight excluding hydrogens is 344 g/mol. The first kappa shape index (κ1) is 18.4. The molecule has 3 heterocycles. The monoisotopic (exact) mass is 372 g/mol. The van der Waals surface area contributed by atoms with Gasteiger partial charge in [0, 0.05) is 18.5 Å². The van der Waals surface area contributed by atoms with E-state index in [9.17, 15) is 9.59 Å². The van der Waals surface area contributed by atoms with Gasteiger partial charge in [0.05, 0.1) is 6.61 Å². The van der Waals surface area contributed by atoms with Crippen molar-refractivity contribution >= 4 is 11.9 Å². The molecule has 27 heavy (non-hydrogen) atoms. The SMILES string of the molecule is CC(C)(C)OC(=O)[C@@H]1CC[C@@H]2C[C@@H]3CON(Cc4ccccc4)[C@@H]3C(=O)N21. The number of piperidine rings is 1. The Labute approximate surface area is 160 Å². The molecule has 0 aliphatic carbocycles. The summed E-state index contributed by atoms with van der Waals surface area (Å²) in [4.78, 5) is 33.7. The summed E-state index contributed by atoms with van der Waals surface area (Å²) >= 11 is 0. The quantitative estimate of drug-likeness (QED) is 0.763. The molecule has 6 heteroatoms. The van der Waals surface area contributed by atoms with Crippen LogP contribution in [0.15, 0.2) is 30.3 Å². The number of carbonyl (C=O) groups is 2. The Morgan fingerprint density at radius 3 is 2.67 bits per heavy atom. The molecule has 0 bridgehead atoms. The highest BCUT2D eigenvalue weighted by Crippen LogP contribution is 2.41. The van der Waals surface area contributed by atoms with Crippen molar-refractivity contribution < 1.29 is 19.2 Å². The zero-order valence-corrected chi connectivity index (χ0v) is 16.3. The van der Waals surface area contributed by atoms with E-state index in [4.69, 9.17) is 9.57 Å². The van der Waals surface area contributed by atoms with Gasteiger partial charge in [0.25, 0.3) is 0 Å². The molecule has 1 aromatic carbocycles. The summed E-state index contributed by atoms with van der Waals surface area (Å²) in [6.07, 6.45) is 2.43. The highest BCUT2D eigenvalue weighted by Gasteiger charge is 2.54. The molecule has 1 aromatic rings. The number of amides is 1. The van der Waals surface area contributed by atoms with E-state index in [1.54, 1.807) is 4.90 Å². The first-order valence-electron chi connectivity index (χ1n) is 9.82. The van der Waals surface area contributed by atoms with Crippen LogP contribution in [0.5, 0.6) is 0 Å². The van der Waals surface area contributed by atoms with Crippen LogP contribution in [0.4, 0.5) is 0 Å². The predicted octanol–water partition coefficient (Wildman–Crippen LogP) is 2.52. The van der Waals surface area contributed by atoms with Crippen LogP contribution in [0.25, 0.3) is 0 Å². The average Bonchev–Trinajstić information content (AvgIpc) is 3.19. The number of hydrogen-bond donors (Lipinski definition) is 0. The van der Waals surface area contributed by atoms with E-state index in [0.717, 1.165) is 18.4 Å². The molecule has 0 saturated carbocycles. The Bertz CT molecular complexity index is 715. The number of hydroxylamine groups is 2. The van der Waals surface area contributed by atoms with E-state index in [0.29, 0.717) is 19.6 Å². The second-order valence-electron chi connectivity index (χ2n) is 8.82. The predicted molar refractivity (Wildman–Crippen MR) is 99.3 cm³/mol. The third-order valence-corrected chi connectivity index (χ3v) is 5.66. The number of rotatable bonds is 3. The summed E-state index contributed by atoms with van der Waals surface area (Å²) in [5.41, 5.74) is 0.560. The van der Waals surface area contributed by atoms with Gasteiger partial charge in [-0.15, -0.1) is 0 Å². The molecule has 0 spiro atoms. The van der Waals surface area contributed by atoms with Crippen molar-refractivity contribution in [2.24, 2.45) is 5.92 Å². The first-order chi connectivity index (χ1) is 12.8. The standard InChI is InChI=1S/C21H28N2O4/c1-21(2,3)27-20(25)17-10-9-16-11-15-13-26-22(18(15)19(24)23(16)17)12-14-7-5-4-6-8-14/h4-8,15-18H,9-13H2,1-3H3/t15-,16-,17+,18+/m1/s1. The number of fused-ring (bicyclic) bond motifs is 2. The van der Waals surface area contributed by atoms with Crippen LogP contribution in [0.2, 0.25) is 0 Å². The molecule has 6 nitrogen and oxygen atoms in total. The van der Waals surface area contributed by atoms with Gasteiger partial charge in [-0.05, 0) is 45.6 Å². The lowest BCUT2D eigenvalue weighted by molar-refractivity contribution is -0.176. The fourth-order valence-electron chi connectivity index (χ4n) is 4.58. The molecule has 146 valence electrons. The molecule has 0 radical (unpaired) electrons. The molecule has 0 N–H and O–H groups in total. The van der Waals surface area contributed by atoms with E-state index >= 15 is 0 Å². The van der Waals surface area contributed by atoms with E-state index in [-0.39, 0.29) is 29.9 Å². The van der Waals surface area contributed by atoms with Crippen molar-refractivity contribution in [3.63, 3.8) is 0 Å². The molecule has 4 atom stereocenters. The van der Waals surface area contributed by atoms with Crippen LogP contribution >= 0.6 is 0 Å². The van der Waals surface area contributed by atoms with Crippen molar-refractivity contribution in [1.82, 2.24) is 9.96 Å². The molecule has 0 aromatic heterocycles. The fraction of sp³-hybridized carbons (Fsp3) is 0.619. The Morgan fingerprint density at radius 2 is 1.96 bits per heavy atom. The topological polar surface area (TPSA) is 59.1 Å². The van der Waals surface area contributed by atoms with Crippen LogP contribution < -0.4 is 0 Å². The van der Waals surface area contributed by atoms with Crippen LogP contribution in [0.1, 0.15) is 45.6 Å². The van der Waals surface area contributed by atoms with Gasteiger partial charge in [-0.1, -0.05) is 30.3 Å². The summed E-state index contributed by atoms with van der Waals surface area (Å²) in [5, 5.41) is 1.81. The number of ether oxygens (including phenoxy) is 1. The summed E-state index contributed by atoms with van der Waals surface area (Å²) in [7, 11) is 0. The number of benzene rings is 1. The highest BCUT2D eigenvalue weighted by molar-refractivity contribution is 5.89. The minimum atomic E-state index is -0.549. The lowest BCUT2D eigenvalue weighted by Crippen LogP contribution is -2.58. The van der Waals surface area contributed by atoms with Crippen molar-refractivity contribution in [3.05, 3.63) is 35.9 Å². The van der Waals surface area contributed by atoms with Crippen LogP contribution in [0, 0.1) is 5.92 Å². The molecule has 3 aliphatic rings. The summed E-state index contributed by atoms with van der Waals surface area (Å²) in [6.45, 7) is 6.72. The first-order valence-corrected chi connectivity index (χ1v) is 9.82. The fourth-order valence-corrected chi connectivity index (χ4v) is 4.58. The Kier molecular flexibility index (Phi) is 4.72. The minimum Gasteiger partial charge on any atom is -0.458 e. The maximum Gasteiger partial charge on any atom is 0.329 e. The van der Waals surface area contributed by atoms with Crippen molar-refractivity contribution in [2.75, 3.05) is 6.61 Å². The largest absolute Gasteiger partial charge is 0.458 e. The van der Waals surface area contributed by atoms with Gasteiger partial charge in [0.15, 0.2) is 0 Å². The third-order valence-electron chi connectivity index (χ3n) is 5.66. The van der Waals surface area contributed by atoms with E-state index in [1.807, 2.05) is 56.2 Å². The number of hydrogen-bond acceptors (Lipinski definition) is 5. The Morgan fingerprint density at radius 1 is 1.22 bits per heavy atom. The molecule has 1 amide bonds. The van der Waals surface area contributed by atoms with Gasteiger partial charge >= 0.3 is 5.97 Å². The van der Waals surface area contributed by atoms with Crippen molar-refractivity contribution in [1.29, 1.82) is 0 Å². The van der Waals surface area contributed by atoms with Crippen LogP contribution in [-0.4, -0.2) is 52.2 Å². The van der Waals surface area contributed by atoms with Crippen molar-refractivity contribution in [2.45, 2.75) is 70.3 Å². The van der Waals surface area contributed by atoms with Gasteiger partial charge in [-0.3, -0.25) is 9.63 Å². The molecule has 3 fully saturated rings. The highest BCUT2D eigenvalue weighted by atomic mass is 16.7. The van der Waals surface area contributed by atoms with Crippen molar-refractivity contribution in [3.8, 4) is 0 Å². The van der Waals surface area contributed by atoms with Gasteiger partial charge in [-0.2, -0.15) is 5.06 Å². The molecule has 4 rings (SSSR count). The second-order valence-corrected chi connectivity index (χ2v) is 8.82. The van der Waals surface area contributed by atoms with Crippen LogP contribution in [0.3, 0.4) is 0 Å². The second kappa shape index (κ2) is 6.91. The smallest absolute Gasteiger partial charge is 0.329 e. The van der Waals surface area contributed by atoms with Gasteiger partial charge in [0.1, 0.15) is 17.7 Å². The summed E-state index contributed by atoms with van der Waals surface area (Å²) in [5.74, 6) is -0.0804. The third kappa shape index (κ3) is 3.60. The lowest BCUT2D eigenvalue weighted by Gasteiger charge is -2.40. The lowest BCUT2D eigenvalue weighted by atomic mass is 9.87. The molecular formula is C21H28N2O4. The number of esters is 1. The zero-order chi connectivity index (χ0) is 19.2. The average molecular weight is 372 g/mol. The van der Waals surface area contributed by atoms with Crippen LogP contribution in [-0.2, 0) is 25.7 Å². The van der Waals surface area contributed by atoms with E-state index < -0.39 is 11.6 Å². The summed E-state index contributed by atoms with van der Waals surface area (Å²) < 4.78 is 5.58. The van der Waals surface area contributed by atoms with Gasteiger partial charge in [0.2, 0.25) is 5.91 Å². The minimum absolute atomic E-state index is 0.0121. The van der Waals surface area contributed by atoms with Gasteiger partial charge in [-0.25, -0.2) is 4.79 Å². The zero-order valence-electron chi connectivity index (χ0n) is 16.3. The Hall–Kier alpha value is -1.92. The number of carbonyl (C=O) groups excluding carboxylic acids is 2. The Balaban J connectivity index is 1.51. The summed E-state index contributed by atoms with van der Waals surface area (Å²) in [6, 6.07) is 9.35. The maximum atomic E-state index is 13.4. The molecule has 3 aliphatic heterocycles. The van der Waals surface area contributed by atoms with Gasteiger partial charge < -0.3 is 9.64 Å². The molecule has 0 unspecified atom stereocenters. The molecule has 3 saturated heterocycles. The van der Waals surface area contributed by atoms with E-state index in [2.05, 4.69) is 0 Å². The maximum absolute atomic E-state index is 13.4.